The predicted octanol–water partition coefficient (Wildman–Crippen LogP) is 5.12. The Morgan fingerprint density at radius 3 is 2.76 bits per heavy atom. The van der Waals surface area contributed by atoms with Crippen LogP contribution in [0.15, 0.2) is 34.2 Å². The average molecular weight is 498 g/mol. The van der Waals surface area contributed by atoms with Gasteiger partial charge in [-0.3, -0.25) is 14.2 Å². The Bertz CT molecular complexity index is 1250. The van der Waals surface area contributed by atoms with E-state index in [-0.39, 0.29) is 23.3 Å². The van der Waals surface area contributed by atoms with Crippen LogP contribution in [0.5, 0.6) is 5.75 Å². The Labute approximate surface area is 208 Å². The van der Waals surface area contributed by atoms with E-state index in [9.17, 15) is 9.59 Å². The smallest absolute Gasteiger partial charge is 0.267 e. The lowest BCUT2D eigenvalue weighted by molar-refractivity contribution is -0.119. The second-order valence-corrected chi connectivity index (χ2v) is 11.2. The fourth-order valence-corrected chi connectivity index (χ4v) is 7.24. The second-order valence-electron chi connectivity index (χ2n) is 9.22. The van der Waals surface area contributed by atoms with Crippen LogP contribution in [0.1, 0.15) is 56.4 Å². The molecule has 0 bridgehead atoms. The maximum atomic E-state index is 13.8. The topological polar surface area (TPSA) is 73.2 Å². The van der Waals surface area contributed by atoms with Crippen LogP contribution < -0.4 is 15.6 Å². The number of amides is 1. The molecule has 5 rings (SSSR count). The van der Waals surface area contributed by atoms with Crippen molar-refractivity contribution < 1.29 is 9.53 Å². The van der Waals surface area contributed by atoms with Gasteiger partial charge in [-0.15, -0.1) is 11.3 Å². The molecule has 180 valence electrons. The van der Waals surface area contributed by atoms with Crippen LogP contribution in [0.2, 0.25) is 0 Å². The number of benzene rings is 1. The third kappa shape index (κ3) is 4.62. The third-order valence-corrected chi connectivity index (χ3v) is 9.03. The highest BCUT2D eigenvalue weighted by molar-refractivity contribution is 7.99. The van der Waals surface area contributed by atoms with Crippen LogP contribution in [0.4, 0.5) is 0 Å². The zero-order chi connectivity index (χ0) is 23.7. The molecule has 2 aliphatic carbocycles. The Morgan fingerprint density at radius 2 is 2.00 bits per heavy atom. The van der Waals surface area contributed by atoms with E-state index in [0.29, 0.717) is 17.7 Å². The quantitative estimate of drug-likeness (QED) is 0.362. The van der Waals surface area contributed by atoms with Crippen LogP contribution in [0.3, 0.4) is 0 Å². The van der Waals surface area contributed by atoms with Gasteiger partial charge in [-0.2, -0.15) is 0 Å². The number of rotatable bonds is 7. The summed E-state index contributed by atoms with van der Waals surface area (Å²) >= 11 is 2.97. The highest BCUT2D eigenvalue weighted by atomic mass is 32.2. The number of aryl methyl sites for hydroxylation is 2. The van der Waals surface area contributed by atoms with E-state index < -0.39 is 0 Å². The predicted molar refractivity (Wildman–Crippen MR) is 139 cm³/mol. The van der Waals surface area contributed by atoms with Crippen LogP contribution in [-0.4, -0.2) is 33.9 Å². The highest BCUT2D eigenvalue weighted by Crippen LogP contribution is 2.36. The SMILES string of the molecule is CCOc1ccc(-n2c(SCC(=O)NC3CCCCC3C)nc3sc4c(c3c2=O)CCC4)cc1. The second kappa shape index (κ2) is 10.1. The van der Waals surface area contributed by atoms with E-state index >= 15 is 0 Å². The van der Waals surface area contributed by atoms with Gasteiger partial charge in [-0.05, 0) is 74.8 Å². The van der Waals surface area contributed by atoms with Crippen LogP contribution in [0, 0.1) is 5.92 Å². The molecule has 2 aliphatic rings. The van der Waals surface area contributed by atoms with Crippen molar-refractivity contribution in [3.63, 3.8) is 0 Å². The molecule has 2 aromatic heterocycles. The summed E-state index contributed by atoms with van der Waals surface area (Å²) in [5, 5.41) is 4.52. The molecule has 1 aromatic carbocycles. The number of nitrogens with zero attached hydrogens (tertiary/aromatic N) is 2. The Morgan fingerprint density at radius 1 is 1.21 bits per heavy atom. The minimum Gasteiger partial charge on any atom is -0.494 e. The molecule has 2 heterocycles. The van der Waals surface area contributed by atoms with Gasteiger partial charge in [-0.25, -0.2) is 4.98 Å². The standard InChI is InChI=1S/C26H31N3O3S2/c1-3-32-18-13-11-17(12-14-18)29-25(31)23-19-8-6-10-21(19)34-24(23)28-26(29)33-15-22(30)27-20-9-5-4-7-16(20)2/h11-14,16,20H,3-10,15H2,1-2H3,(H,27,30). The molecule has 1 N–H and O–H groups in total. The molecule has 2 atom stereocenters. The van der Waals surface area contributed by atoms with E-state index in [4.69, 9.17) is 9.72 Å². The maximum Gasteiger partial charge on any atom is 0.267 e. The number of nitrogens with one attached hydrogen (secondary N) is 1. The van der Waals surface area contributed by atoms with Crippen molar-refractivity contribution in [3.05, 3.63) is 45.1 Å². The zero-order valence-electron chi connectivity index (χ0n) is 19.8. The maximum absolute atomic E-state index is 13.8. The fraction of sp³-hybridized carbons (Fsp3) is 0.500. The van der Waals surface area contributed by atoms with Crippen LogP contribution in [-0.2, 0) is 17.6 Å². The van der Waals surface area contributed by atoms with Gasteiger partial charge in [0, 0.05) is 10.9 Å². The van der Waals surface area contributed by atoms with Crippen molar-refractivity contribution >= 4 is 39.2 Å². The molecule has 1 fully saturated rings. The summed E-state index contributed by atoms with van der Waals surface area (Å²) in [4.78, 5) is 33.5. The lowest BCUT2D eigenvalue weighted by atomic mass is 9.86. The molecule has 2 unspecified atom stereocenters. The van der Waals surface area contributed by atoms with Crippen molar-refractivity contribution in [2.75, 3.05) is 12.4 Å². The number of fused-ring (bicyclic) bond motifs is 3. The lowest BCUT2D eigenvalue weighted by Gasteiger charge is -2.29. The molecule has 8 heteroatoms. The number of thioether (sulfide) groups is 1. The highest BCUT2D eigenvalue weighted by Gasteiger charge is 2.25. The van der Waals surface area contributed by atoms with Crippen LogP contribution >= 0.6 is 23.1 Å². The Balaban J connectivity index is 1.46. The van der Waals surface area contributed by atoms with Gasteiger partial charge in [0.05, 0.1) is 23.4 Å². The summed E-state index contributed by atoms with van der Waals surface area (Å²) in [6, 6.07) is 7.77. The first-order valence-electron chi connectivity index (χ1n) is 12.3. The number of ether oxygens (including phenoxy) is 1. The Kier molecular flexibility index (Phi) is 6.97. The van der Waals surface area contributed by atoms with Crippen molar-refractivity contribution in [1.29, 1.82) is 0 Å². The number of carbonyl (C=O) groups excluding carboxylic acids is 1. The first kappa shape index (κ1) is 23.4. The summed E-state index contributed by atoms with van der Waals surface area (Å²) in [6.07, 6.45) is 7.66. The van der Waals surface area contributed by atoms with Gasteiger partial charge in [0.1, 0.15) is 10.6 Å². The number of hydrogen-bond donors (Lipinski definition) is 1. The summed E-state index contributed by atoms with van der Waals surface area (Å²) in [7, 11) is 0. The van der Waals surface area contributed by atoms with Gasteiger partial charge in [-0.1, -0.05) is 31.5 Å². The zero-order valence-corrected chi connectivity index (χ0v) is 21.4. The van der Waals surface area contributed by atoms with Crippen molar-refractivity contribution in [1.82, 2.24) is 14.9 Å². The molecular weight excluding hydrogens is 466 g/mol. The number of carbonyl (C=O) groups is 1. The number of aromatic nitrogens is 2. The van der Waals surface area contributed by atoms with E-state index in [2.05, 4.69) is 12.2 Å². The monoisotopic (exact) mass is 497 g/mol. The molecule has 1 saturated carbocycles. The third-order valence-electron chi connectivity index (χ3n) is 6.90. The van der Waals surface area contributed by atoms with E-state index in [1.165, 1.54) is 29.5 Å². The molecule has 34 heavy (non-hydrogen) atoms. The molecule has 3 aromatic rings. The summed E-state index contributed by atoms with van der Waals surface area (Å²) in [5.74, 6) is 1.51. The van der Waals surface area contributed by atoms with E-state index in [1.807, 2.05) is 31.2 Å². The summed E-state index contributed by atoms with van der Waals surface area (Å²) in [5.41, 5.74) is 1.86. The average Bonchev–Trinajstić information content (AvgIpc) is 3.41. The van der Waals surface area contributed by atoms with Gasteiger partial charge < -0.3 is 10.1 Å². The lowest BCUT2D eigenvalue weighted by Crippen LogP contribution is -2.41. The molecule has 6 nitrogen and oxygen atoms in total. The number of hydrogen-bond acceptors (Lipinski definition) is 6. The molecule has 0 saturated heterocycles. The number of thiophene rings is 1. The molecule has 1 amide bonds. The minimum absolute atomic E-state index is 0.00464. The first-order valence-corrected chi connectivity index (χ1v) is 14.1. The first-order chi connectivity index (χ1) is 16.5. The molecule has 0 aliphatic heterocycles. The van der Waals surface area contributed by atoms with Gasteiger partial charge in [0.15, 0.2) is 5.16 Å². The van der Waals surface area contributed by atoms with Crippen LogP contribution in [0.25, 0.3) is 15.9 Å². The molecular formula is C26H31N3O3S2. The summed E-state index contributed by atoms with van der Waals surface area (Å²) in [6.45, 7) is 4.75. The van der Waals surface area contributed by atoms with Crippen molar-refractivity contribution in [2.45, 2.75) is 70.0 Å². The van der Waals surface area contributed by atoms with Crippen molar-refractivity contribution in [2.24, 2.45) is 5.92 Å². The molecule has 0 radical (unpaired) electrons. The molecule has 0 spiro atoms. The van der Waals surface area contributed by atoms with Gasteiger partial charge >= 0.3 is 0 Å². The largest absolute Gasteiger partial charge is 0.494 e. The fourth-order valence-electron chi connectivity index (χ4n) is 5.12. The normalized spacial score (nSPS) is 19.8. The van der Waals surface area contributed by atoms with E-state index in [1.54, 1.807) is 15.9 Å². The van der Waals surface area contributed by atoms with E-state index in [0.717, 1.165) is 59.3 Å². The van der Waals surface area contributed by atoms with Gasteiger partial charge in [0.2, 0.25) is 5.91 Å². The Hall–Kier alpha value is -2.32. The van der Waals surface area contributed by atoms with Gasteiger partial charge in [0.25, 0.3) is 5.56 Å². The summed E-state index contributed by atoms with van der Waals surface area (Å²) < 4.78 is 7.25. The van der Waals surface area contributed by atoms with Crippen molar-refractivity contribution in [3.8, 4) is 11.4 Å². The minimum atomic E-state index is -0.0441.